The summed E-state index contributed by atoms with van der Waals surface area (Å²) in [4.78, 5) is 14.6. The maximum Gasteiger partial charge on any atom is 0.228 e. The molecule has 0 aliphatic carbocycles. The molecule has 1 amide bonds. The molecule has 0 aliphatic rings. The van der Waals surface area contributed by atoms with E-state index in [1.165, 1.54) is 0 Å². The van der Waals surface area contributed by atoms with Crippen LogP contribution in [0.5, 0.6) is 17.4 Å². The number of ether oxygens (including phenoxy) is 2. The first-order valence-corrected chi connectivity index (χ1v) is 10.7. The van der Waals surface area contributed by atoms with Gasteiger partial charge in [-0.25, -0.2) is 4.68 Å². The highest BCUT2D eigenvalue weighted by Crippen LogP contribution is 2.36. The van der Waals surface area contributed by atoms with E-state index in [1.54, 1.807) is 11.8 Å². The molecule has 164 valence electrons. The van der Waals surface area contributed by atoms with Crippen molar-refractivity contribution < 1.29 is 14.3 Å². The van der Waals surface area contributed by atoms with E-state index in [0.717, 1.165) is 23.4 Å². The first-order valence-electron chi connectivity index (χ1n) is 10.7. The summed E-state index contributed by atoms with van der Waals surface area (Å²) in [7, 11) is 1.62. The smallest absolute Gasteiger partial charge is 0.228 e. The van der Waals surface area contributed by atoms with Crippen LogP contribution >= 0.6 is 0 Å². The Morgan fingerprint density at radius 2 is 1.71 bits per heavy atom. The van der Waals surface area contributed by atoms with Crippen LogP contribution in [0.4, 0.5) is 0 Å². The molecule has 0 saturated heterocycles. The van der Waals surface area contributed by atoms with Gasteiger partial charge in [-0.05, 0) is 44.5 Å². The van der Waals surface area contributed by atoms with Crippen molar-refractivity contribution in [3.63, 3.8) is 0 Å². The second-order valence-electron chi connectivity index (χ2n) is 7.50. The summed E-state index contributed by atoms with van der Waals surface area (Å²) in [6.07, 6.45) is 1.33. The molecule has 0 spiro atoms. The topological polar surface area (TPSA) is 56.6 Å². The molecule has 0 fully saturated rings. The Labute approximate surface area is 184 Å². The van der Waals surface area contributed by atoms with Gasteiger partial charge in [0.2, 0.25) is 11.8 Å². The summed E-state index contributed by atoms with van der Waals surface area (Å²) in [6, 6.07) is 17.5. The number of amides is 1. The van der Waals surface area contributed by atoms with Gasteiger partial charge in [0.05, 0.1) is 30.6 Å². The number of hydrogen-bond acceptors (Lipinski definition) is 4. The van der Waals surface area contributed by atoms with Crippen LogP contribution in [0.25, 0.3) is 5.69 Å². The molecular formula is C25H31N3O3. The van der Waals surface area contributed by atoms with E-state index in [9.17, 15) is 4.79 Å². The maximum absolute atomic E-state index is 12.7. The molecule has 6 nitrogen and oxygen atoms in total. The van der Waals surface area contributed by atoms with E-state index < -0.39 is 0 Å². The standard InChI is InChI=1S/C25H31N3O3/c1-6-18(3)27(24(29)7-2)17-21-19(4)26-28(20-13-9-8-10-14-20)25(21)31-23-16-12-11-15-22(23)30-5/h8-16,18H,6-7,17H2,1-5H3/t18-/m0/s1. The van der Waals surface area contributed by atoms with E-state index in [-0.39, 0.29) is 11.9 Å². The van der Waals surface area contributed by atoms with Crippen molar-refractivity contribution in [2.45, 2.75) is 53.1 Å². The van der Waals surface area contributed by atoms with Crippen molar-refractivity contribution in [3.8, 4) is 23.1 Å². The number of benzene rings is 2. The third kappa shape index (κ3) is 4.90. The fourth-order valence-corrected chi connectivity index (χ4v) is 3.46. The molecule has 0 N–H and O–H groups in total. The van der Waals surface area contributed by atoms with Crippen LogP contribution in [-0.2, 0) is 11.3 Å². The van der Waals surface area contributed by atoms with Gasteiger partial charge < -0.3 is 14.4 Å². The lowest BCUT2D eigenvalue weighted by molar-refractivity contribution is -0.133. The number of methoxy groups -OCH3 is 1. The maximum atomic E-state index is 12.7. The minimum absolute atomic E-state index is 0.115. The van der Waals surface area contributed by atoms with Crippen LogP contribution in [0, 0.1) is 6.92 Å². The van der Waals surface area contributed by atoms with Gasteiger partial charge in [-0.3, -0.25) is 4.79 Å². The second kappa shape index (κ2) is 10.2. The van der Waals surface area contributed by atoms with Gasteiger partial charge in [0.1, 0.15) is 0 Å². The molecular weight excluding hydrogens is 390 g/mol. The normalized spacial score (nSPS) is 11.8. The average Bonchev–Trinajstić information content (AvgIpc) is 3.12. The summed E-state index contributed by atoms with van der Waals surface area (Å²) in [5.41, 5.74) is 2.60. The zero-order chi connectivity index (χ0) is 22.4. The Morgan fingerprint density at radius 1 is 1.06 bits per heavy atom. The number of aromatic nitrogens is 2. The molecule has 0 aliphatic heterocycles. The molecule has 2 aromatic carbocycles. The molecule has 6 heteroatoms. The van der Waals surface area contributed by atoms with Crippen molar-refractivity contribution in [3.05, 3.63) is 65.9 Å². The summed E-state index contributed by atoms with van der Waals surface area (Å²) in [5, 5.41) is 4.77. The minimum Gasteiger partial charge on any atom is -0.493 e. The number of aryl methyl sites for hydroxylation is 1. The average molecular weight is 422 g/mol. The number of rotatable bonds is 9. The molecule has 0 radical (unpaired) electrons. The summed E-state index contributed by atoms with van der Waals surface area (Å²) in [6.45, 7) is 8.45. The van der Waals surface area contributed by atoms with E-state index in [1.807, 2.05) is 73.3 Å². The Morgan fingerprint density at radius 3 is 2.32 bits per heavy atom. The number of para-hydroxylation sites is 3. The van der Waals surface area contributed by atoms with E-state index >= 15 is 0 Å². The predicted octanol–water partition coefficient (Wildman–Crippen LogP) is 5.52. The minimum atomic E-state index is 0.115. The monoisotopic (exact) mass is 421 g/mol. The first-order chi connectivity index (χ1) is 15.0. The Kier molecular flexibility index (Phi) is 7.34. The predicted molar refractivity (Wildman–Crippen MR) is 122 cm³/mol. The number of carbonyl (C=O) groups is 1. The molecule has 1 atom stereocenters. The van der Waals surface area contributed by atoms with Crippen LogP contribution in [0.1, 0.15) is 44.9 Å². The highest BCUT2D eigenvalue weighted by molar-refractivity contribution is 5.76. The molecule has 3 aromatic rings. The van der Waals surface area contributed by atoms with Crippen molar-refractivity contribution in [1.29, 1.82) is 0 Å². The number of nitrogens with zero attached hydrogens (tertiary/aromatic N) is 3. The van der Waals surface area contributed by atoms with E-state index in [4.69, 9.17) is 14.6 Å². The first kappa shape index (κ1) is 22.4. The highest BCUT2D eigenvalue weighted by Gasteiger charge is 2.25. The van der Waals surface area contributed by atoms with Crippen LogP contribution in [-0.4, -0.2) is 33.7 Å². The number of hydrogen-bond donors (Lipinski definition) is 0. The van der Waals surface area contributed by atoms with Crippen molar-refractivity contribution in [2.24, 2.45) is 0 Å². The zero-order valence-electron chi connectivity index (χ0n) is 19.0. The second-order valence-corrected chi connectivity index (χ2v) is 7.50. The number of carbonyl (C=O) groups excluding carboxylic acids is 1. The Bertz CT molecular complexity index is 1010. The lowest BCUT2D eigenvalue weighted by Gasteiger charge is -2.28. The van der Waals surface area contributed by atoms with Gasteiger partial charge >= 0.3 is 0 Å². The van der Waals surface area contributed by atoms with Gasteiger partial charge in [0.25, 0.3) is 0 Å². The molecule has 0 bridgehead atoms. The lowest BCUT2D eigenvalue weighted by Crippen LogP contribution is -2.37. The SMILES string of the molecule is CCC(=O)N(Cc1c(C)nn(-c2ccccc2)c1Oc1ccccc1OC)[C@@H](C)CC. The highest BCUT2D eigenvalue weighted by atomic mass is 16.5. The van der Waals surface area contributed by atoms with Crippen LogP contribution in [0.3, 0.4) is 0 Å². The third-order valence-corrected chi connectivity index (χ3v) is 5.49. The molecule has 3 rings (SSSR count). The lowest BCUT2D eigenvalue weighted by atomic mass is 10.1. The van der Waals surface area contributed by atoms with E-state index in [2.05, 4.69) is 13.8 Å². The molecule has 0 saturated carbocycles. The van der Waals surface area contributed by atoms with Crippen LogP contribution in [0.15, 0.2) is 54.6 Å². The van der Waals surface area contributed by atoms with Crippen LogP contribution in [0.2, 0.25) is 0 Å². The van der Waals surface area contributed by atoms with Gasteiger partial charge in [-0.15, -0.1) is 0 Å². The zero-order valence-corrected chi connectivity index (χ0v) is 19.0. The third-order valence-electron chi connectivity index (χ3n) is 5.49. The molecule has 1 heterocycles. The fourth-order valence-electron chi connectivity index (χ4n) is 3.46. The summed E-state index contributed by atoms with van der Waals surface area (Å²) < 4.78 is 13.7. The summed E-state index contributed by atoms with van der Waals surface area (Å²) in [5.74, 6) is 1.94. The Hall–Kier alpha value is -3.28. The van der Waals surface area contributed by atoms with E-state index in [0.29, 0.717) is 30.3 Å². The van der Waals surface area contributed by atoms with Crippen molar-refractivity contribution in [1.82, 2.24) is 14.7 Å². The summed E-state index contributed by atoms with van der Waals surface area (Å²) >= 11 is 0. The Balaban J connectivity index is 2.12. The molecule has 31 heavy (non-hydrogen) atoms. The largest absolute Gasteiger partial charge is 0.493 e. The van der Waals surface area contributed by atoms with Gasteiger partial charge in [0, 0.05) is 12.5 Å². The molecule has 1 aromatic heterocycles. The molecule has 0 unspecified atom stereocenters. The van der Waals surface area contributed by atoms with Crippen molar-refractivity contribution >= 4 is 5.91 Å². The quantitative estimate of drug-likeness (QED) is 0.457. The van der Waals surface area contributed by atoms with Gasteiger partial charge in [-0.1, -0.05) is 44.2 Å². The van der Waals surface area contributed by atoms with Crippen LogP contribution < -0.4 is 9.47 Å². The van der Waals surface area contributed by atoms with Gasteiger partial charge in [-0.2, -0.15) is 5.10 Å². The van der Waals surface area contributed by atoms with Crippen molar-refractivity contribution in [2.75, 3.05) is 7.11 Å². The van der Waals surface area contributed by atoms with Gasteiger partial charge in [0.15, 0.2) is 11.5 Å². The fraction of sp³-hybridized carbons (Fsp3) is 0.360.